The van der Waals surface area contributed by atoms with Crippen molar-refractivity contribution in [3.8, 4) is 0 Å². The van der Waals surface area contributed by atoms with E-state index < -0.39 is 10.5 Å². The van der Waals surface area contributed by atoms with Gasteiger partial charge in [0.15, 0.2) is 0 Å². The van der Waals surface area contributed by atoms with Crippen LogP contribution in [0.5, 0.6) is 0 Å². The molecule has 0 spiro atoms. The number of aromatic nitrogens is 1. The van der Waals surface area contributed by atoms with Gasteiger partial charge >= 0.3 is 5.24 Å². The number of hydrogen-bond donors (Lipinski definition) is 0. The van der Waals surface area contributed by atoms with Crippen molar-refractivity contribution in [3.63, 3.8) is 0 Å². The van der Waals surface area contributed by atoms with Crippen molar-refractivity contribution in [2.24, 2.45) is 5.16 Å². The molecule has 1 fully saturated rings. The molecule has 1 aromatic heterocycles. The molecule has 0 bridgehead atoms. The summed E-state index contributed by atoms with van der Waals surface area (Å²) >= 11 is 0.978. The van der Waals surface area contributed by atoms with E-state index in [0.29, 0.717) is 6.42 Å². The van der Waals surface area contributed by atoms with Gasteiger partial charge in [0.2, 0.25) is 0 Å². The van der Waals surface area contributed by atoms with Crippen LogP contribution in [0.15, 0.2) is 60.0 Å². The van der Waals surface area contributed by atoms with Gasteiger partial charge in [-0.2, -0.15) is 0 Å². The van der Waals surface area contributed by atoms with Crippen LogP contribution < -0.4 is 0 Å². The van der Waals surface area contributed by atoms with Gasteiger partial charge in [-0.3, -0.25) is 19.4 Å². The minimum absolute atomic E-state index is 0.0454. The van der Waals surface area contributed by atoms with Crippen LogP contribution >= 0.6 is 11.8 Å². The SMILES string of the molecule is O=C1SC(Cc2ccccc2)C(=O)N1OCCO/N=C/c1ccncc1. The zero-order chi connectivity index (χ0) is 18.2. The number of carbonyl (C=O) groups excluding carboxylic acids is 2. The Morgan fingerprint density at radius 3 is 2.65 bits per heavy atom. The van der Waals surface area contributed by atoms with Crippen LogP contribution in [0.2, 0.25) is 0 Å². The van der Waals surface area contributed by atoms with Gasteiger partial charge in [-0.1, -0.05) is 35.5 Å². The van der Waals surface area contributed by atoms with Crippen molar-refractivity contribution in [2.75, 3.05) is 13.2 Å². The van der Waals surface area contributed by atoms with Crippen LogP contribution in [0.4, 0.5) is 4.79 Å². The Balaban J connectivity index is 1.41. The number of hydrogen-bond acceptors (Lipinski definition) is 7. The molecule has 0 saturated carbocycles. The lowest BCUT2D eigenvalue weighted by molar-refractivity contribution is -0.167. The van der Waals surface area contributed by atoms with Gasteiger partial charge in [0.25, 0.3) is 5.91 Å². The molecule has 1 aliphatic rings. The summed E-state index contributed by atoms with van der Waals surface area (Å²) in [5, 5.41) is 3.73. The summed E-state index contributed by atoms with van der Waals surface area (Å²) in [5.74, 6) is -0.343. The third-order valence-electron chi connectivity index (χ3n) is 3.53. The van der Waals surface area contributed by atoms with E-state index >= 15 is 0 Å². The number of imide groups is 1. The molecular weight excluding hydrogens is 354 g/mol. The van der Waals surface area contributed by atoms with Gasteiger partial charge in [0.05, 0.1) is 11.5 Å². The van der Waals surface area contributed by atoms with Gasteiger partial charge in [-0.15, -0.1) is 5.06 Å². The highest BCUT2D eigenvalue weighted by atomic mass is 32.2. The van der Waals surface area contributed by atoms with Crippen LogP contribution in [0.3, 0.4) is 0 Å². The highest BCUT2D eigenvalue weighted by Crippen LogP contribution is 2.29. The maximum absolute atomic E-state index is 12.3. The van der Waals surface area contributed by atoms with E-state index in [1.54, 1.807) is 30.7 Å². The van der Waals surface area contributed by atoms with E-state index in [1.807, 2.05) is 30.3 Å². The smallest absolute Gasteiger partial charge is 0.313 e. The fourth-order valence-electron chi connectivity index (χ4n) is 2.28. The lowest BCUT2D eigenvalue weighted by Gasteiger charge is -2.12. The van der Waals surface area contributed by atoms with Crippen LogP contribution in [-0.2, 0) is 20.9 Å². The molecule has 1 aliphatic heterocycles. The van der Waals surface area contributed by atoms with E-state index in [1.165, 1.54) is 0 Å². The zero-order valence-corrected chi connectivity index (χ0v) is 14.7. The monoisotopic (exact) mass is 371 g/mol. The molecule has 0 N–H and O–H groups in total. The van der Waals surface area contributed by atoms with Crippen molar-refractivity contribution in [2.45, 2.75) is 11.7 Å². The van der Waals surface area contributed by atoms with Crippen molar-refractivity contribution in [3.05, 3.63) is 66.0 Å². The maximum atomic E-state index is 12.3. The topological polar surface area (TPSA) is 81.1 Å². The second-order valence-electron chi connectivity index (χ2n) is 5.38. The molecule has 0 aliphatic carbocycles. The van der Waals surface area contributed by atoms with Gasteiger partial charge in [-0.25, -0.2) is 0 Å². The van der Waals surface area contributed by atoms with Crippen molar-refractivity contribution < 1.29 is 19.3 Å². The Hall–Kier alpha value is -2.71. The summed E-state index contributed by atoms with van der Waals surface area (Å²) in [7, 11) is 0. The van der Waals surface area contributed by atoms with Gasteiger partial charge in [0, 0.05) is 12.4 Å². The largest absolute Gasteiger partial charge is 0.393 e. The summed E-state index contributed by atoms with van der Waals surface area (Å²) in [6.07, 6.45) is 5.33. The predicted molar refractivity (Wildman–Crippen MR) is 97.5 cm³/mol. The van der Waals surface area contributed by atoms with Crippen LogP contribution in [0.25, 0.3) is 0 Å². The van der Waals surface area contributed by atoms with E-state index in [9.17, 15) is 9.59 Å². The van der Waals surface area contributed by atoms with E-state index in [2.05, 4.69) is 10.1 Å². The number of benzene rings is 1. The highest BCUT2D eigenvalue weighted by Gasteiger charge is 2.40. The van der Waals surface area contributed by atoms with Crippen molar-refractivity contribution in [1.82, 2.24) is 10.0 Å². The molecular formula is C18H17N3O4S. The molecule has 26 heavy (non-hydrogen) atoms. The molecule has 8 heteroatoms. The number of carbonyl (C=O) groups is 2. The second-order valence-corrected chi connectivity index (χ2v) is 6.53. The second kappa shape index (κ2) is 9.12. The van der Waals surface area contributed by atoms with Crippen molar-refractivity contribution in [1.29, 1.82) is 0 Å². The standard InChI is InChI=1S/C18H17N3O4S/c22-17-16(12-14-4-2-1-3-5-14)26-18(23)21(17)25-11-10-24-20-13-15-6-8-19-9-7-15/h1-9,13,16H,10-12H2/b20-13+. The molecule has 2 aromatic rings. The molecule has 2 amide bonds. The Kier molecular flexibility index (Phi) is 6.34. The Bertz CT molecular complexity index is 771. The third kappa shape index (κ3) is 4.90. The average Bonchev–Trinajstić information content (AvgIpc) is 2.93. The van der Waals surface area contributed by atoms with Crippen LogP contribution in [0, 0.1) is 0 Å². The predicted octanol–water partition coefficient (Wildman–Crippen LogP) is 2.67. The number of rotatable bonds is 8. The lowest BCUT2D eigenvalue weighted by Crippen LogP contribution is -2.33. The van der Waals surface area contributed by atoms with E-state index in [-0.39, 0.29) is 19.1 Å². The van der Waals surface area contributed by atoms with Crippen molar-refractivity contribution >= 4 is 29.1 Å². The molecule has 134 valence electrons. The van der Waals surface area contributed by atoms with Crippen LogP contribution in [0.1, 0.15) is 11.1 Å². The third-order valence-corrected chi connectivity index (χ3v) is 4.55. The number of pyridine rings is 1. The average molecular weight is 371 g/mol. The van der Waals surface area contributed by atoms with Gasteiger partial charge < -0.3 is 4.84 Å². The summed E-state index contributed by atoms with van der Waals surface area (Å²) in [6, 6.07) is 13.1. The number of thioether (sulfide) groups is 1. The first kappa shape index (κ1) is 18.1. The quantitative estimate of drug-likeness (QED) is 0.403. The lowest BCUT2D eigenvalue weighted by atomic mass is 10.1. The van der Waals surface area contributed by atoms with E-state index in [0.717, 1.165) is 28.0 Å². The molecule has 1 atom stereocenters. The molecule has 1 saturated heterocycles. The van der Waals surface area contributed by atoms with Gasteiger partial charge in [0.1, 0.15) is 13.2 Å². The van der Waals surface area contributed by atoms with Crippen LogP contribution in [-0.4, -0.2) is 45.9 Å². The first-order chi connectivity index (χ1) is 12.7. The molecule has 7 nitrogen and oxygen atoms in total. The Labute approximate surface area is 154 Å². The number of amides is 2. The highest BCUT2D eigenvalue weighted by molar-refractivity contribution is 8.15. The Morgan fingerprint density at radius 1 is 1.12 bits per heavy atom. The minimum Gasteiger partial charge on any atom is -0.393 e. The molecule has 2 heterocycles. The molecule has 1 aromatic carbocycles. The fraction of sp³-hybridized carbons (Fsp3) is 0.222. The fourth-order valence-corrected chi connectivity index (χ4v) is 3.23. The summed E-state index contributed by atoms with van der Waals surface area (Å²) < 4.78 is 0. The first-order valence-electron chi connectivity index (χ1n) is 8.01. The number of nitrogens with zero attached hydrogens (tertiary/aromatic N) is 3. The van der Waals surface area contributed by atoms with Gasteiger partial charge in [-0.05, 0) is 41.4 Å². The summed E-state index contributed by atoms with van der Waals surface area (Å²) in [6.45, 7) is 0.163. The summed E-state index contributed by atoms with van der Waals surface area (Å²) in [5.41, 5.74) is 1.85. The summed E-state index contributed by atoms with van der Waals surface area (Å²) in [4.78, 5) is 38.5. The molecule has 0 radical (unpaired) electrons. The molecule has 1 unspecified atom stereocenters. The number of oxime groups is 1. The van der Waals surface area contributed by atoms with E-state index in [4.69, 9.17) is 9.68 Å². The zero-order valence-electron chi connectivity index (χ0n) is 13.9. The normalized spacial score (nSPS) is 17.2. The first-order valence-corrected chi connectivity index (χ1v) is 8.89. The number of hydroxylamine groups is 2. The minimum atomic E-state index is -0.462. The Morgan fingerprint density at radius 2 is 1.88 bits per heavy atom. The molecule has 3 rings (SSSR count). The maximum Gasteiger partial charge on any atom is 0.313 e.